The van der Waals surface area contributed by atoms with Gasteiger partial charge in [-0.1, -0.05) is 20.8 Å². The predicted molar refractivity (Wildman–Crippen MR) is 92.3 cm³/mol. The van der Waals surface area contributed by atoms with Crippen molar-refractivity contribution in [1.29, 1.82) is 0 Å². The molecular formula is C16H32O4SSi. The normalized spacial score (nSPS) is 34.8. The summed E-state index contributed by atoms with van der Waals surface area (Å²) in [6.45, 7) is 11.8. The van der Waals surface area contributed by atoms with E-state index in [1.165, 1.54) is 0 Å². The van der Waals surface area contributed by atoms with Crippen molar-refractivity contribution >= 4 is 18.2 Å². The first kappa shape index (κ1) is 18.4. The number of rotatable bonds is 5. The van der Waals surface area contributed by atoms with E-state index in [4.69, 9.17) is 4.43 Å². The highest BCUT2D eigenvalue weighted by atomic mass is 32.2. The first-order chi connectivity index (χ1) is 9.87. The second-order valence-corrected chi connectivity index (χ2v) is 16.1. The van der Waals surface area contributed by atoms with Crippen molar-refractivity contribution in [3.05, 3.63) is 0 Å². The molecule has 0 aromatic rings. The lowest BCUT2D eigenvalue weighted by atomic mass is 9.89. The summed E-state index contributed by atoms with van der Waals surface area (Å²) in [5.41, 5.74) is -0.798. The molecule has 0 spiro atoms. The van der Waals surface area contributed by atoms with Gasteiger partial charge in [-0.25, -0.2) is 8.42 Å². The van der Waals surface area contributed by atoms with E-state index in [-0.39, 0.29) is 15.5 Å². The number of sulfone groups is 1. The molecule has 22 heavy (non-hydrogen) atoms. The summed E-state index contributed by atoms with van der Waals surface area (Å²) >= 11 is 0. The average Bonchev–Trinajstić information content (AvgIpc) is 2.54. The van der Waals surface area contributed by atoms with Crippen LogP contribution in [0.15, 0.2) is 0 Å². The molecule has 2 aliphatic rings. The van der Waals surface area contributed by atoms with Crippen LogP contribution in [0.25, 0.3) is 0 Å². The van der Waals surface area contributed by atoms with Crippen LogP contribution < -0.4 is 0 Å². The molecule has 2 aliphatic heterocycles. The van der Waals surface area contributed by atoms with Crippen LogP contribution in [0.3, 0.4) is 0 Å². The molecule has 2 bridgehead atoms. The van der Waals surface area contributed by atoms with Crippen molar-refractivity contribution in [3.63, 3.8) is 0 Å². The third kappa shape index (κ3) is 3.60. The third-order valence-corrected chi connectivity index (χ3v) is 13.2. The lowest BCUT2D eigenvalue weighted by Gasteiger charge is -2.38. The summed E-state index contributed by atoms with van der Waals surface area (Å²) in [6, 6.07) is 0. The van der Waals surface area contributed by atoms with E-state index in [2.05, 4.69) is 33.9 Å². The first-order valence-electron chi connectivity index (χ1n) is 8.46. The number of hydrogen-bond donors (Lipinski definition) is 1. The second-order valence-electron chi connectivity index (χ2n) is 8.76. The molecule has 2 fully saturated rings. The van der Waals surface area contributed by atoms with E-state index < -0.39 is 23.8 Å². The Morgan fingerprint density at radius 2 is 1.68 bits per heavy atom. The Balaban J connectivity index is 1.83. The largest absolute Gasteiger partial charge is 0.417 e. The fourth-order valence-electron chi connectivity index (χ4n) is 3.49. The Kier molecular flexibility index (Phi) is 4.91. The molecule has 0 aromatic heterocycles. The minimum absolute atomic E-state index is 0.196. The molecule has 2 saturated heterocycles. The zero-order valence-electron chi connectivity index (χ0n) is 14.7. The fourth-order valence-corrected chi connectivity index (χ4v) is 7.14. The zero-order valence-corrected chi connectivity index (χ0v) is 16.5. The molecule has 0 aliphatic carbocycles. The van der Waals surface area contributed by atoms with Gasteiger partial charge in [-0.15, -0.1) is 0 Å². The minimum Gasteiger partial charge on any atom is -0.417 e. The van der Waals surface area contributed by atoms with E-state index in [0.29, 0.717) is 25.9 Å². The van der Waals surface area contributed by atoms with Crippen molar-refractivity contribution in [2.45, 2.75) is 93.5 Å². The molecule has 6 heteroatoms. The van der Waals surface area contributed by atoms with Gasteiger partial charge in [0.25, 0.3) is 0 Å². The van der Waals surface area contributed by atoms with Gasteiger partial charge < -0.3 is 9.53 Å². The SMILES string of the molecule is CC(C)(C)[Si](C)(C)OCCCC1(O)CC2CCC(C1)S2(=O)=O. The minimum atomic E-state index is -2.96. The van der Waals surface area contributed by atoms with Gasteiger partial charge in [0.2, 0.25) is 0 Å². The molecular weight excluding hydrogens is 316 g/mol. The van der Waals surface area contributed by atoms with Crippen molar-refractivity contribution in [2.75, 3.05) is 6.61 Å². The monoisotopic (exact) mass is 348 g/mol. The third-order valence-electron chi connectivity index (χ3n) is 6.01. The van der Waals surface area contributed by atoms with Crippen LogP contribution in [0.2, 0.25) is 18.1 Å². The smallest absolute Gasteiger partial charge is 0.191 e. The molecule has 2 atom stereocenters. The zero-order chi connectivity index (χ0) is 16.8. The summed E-state index contributed by atoms with van der Waals surface area (Å²) in [4.78, 5) is 0. The Bertz CT molecular complexity index is 487. The fraction of sp³-hybridized carbons (Fsp3) is 1.00. The maximum absolute atomic E-state index is 12.1. The Labute approximate surface area is 136 Å². The van der Waals surface area contributed by atoms with Crippen molar-refractivity contribution in [3.8, 4) is 0 Å². The topological polar surface area (TPSA) is 63.6 Å². The lowest BCUT2D eigenvalue weighted by molar-refractivity contribution is 0.00802. The van der Waals surface area contributed by atoms with Gasteiger partial charge in [0.15, 0.2) is 18.2 Å². The van der Waals surface area contributed by atoms with E-state index in [0.717, 1.165) is 19.3 Å². The van der Waals surface area contributed by atoms with Crippen molar-refractivity contribution in [2.24, 2.45) is 0 Å². The maximum Gasteiger partial charge on any atom is 0.191 e. The predicted octanol–water partition coefficient (Wildman–Crippen LogP) is 3.26. The van der Waals surface area contributed by atoms with Gasteiger partial charge in [0.05, 0.1) is 16.1 Å². The van der Waals surface area contributed by atoms with Gasteiger partial charge in [0, 0.05) is 6.61 Å². The highest BCUT2D eigenvalue weighted by Gasteiger charge is 2.52. The van der Waals surface area contributed by atoms with Crippen LogP contribution in [0.4, 0.5) is 0 Å². The Morgan fingerprint density at radius 1 is 1.18 bits per heavy atom. The highest BCUT2D eigenvalue weighted by Crippen LogP contribution is 2.45. The summed E-state index contributed by atoms with van der Waals surface area (Å²) in [7, 11) is -4.69. The number of aliphatic hydroxyl groups is 1. The molecule has 0 amide bonds. The summed E-state index contributed by atoms with van der Waals surface area (Å²) < 4.78 is 30.4. The molecule has 130 valence electrons. The van der Waals surface area contributed by atoms with Gasteiger partial charge in [-0.2, -0.15) is 0 Å². The molecule has 1 N–H and O–H groups in total. The standard InChI is InChI=1S/C16H32O4SSi/c1-15(2,3)22(4,5)20-10-6-9-16(17)11-13-7-8-14(12-16)21(13,18)19/h13-14,17H,6-12H2,1-5H3. The molecule has 0 aromatic carbocycles. The second kappa shape index (κ2) is 5.87. The average molecular weight is 349 g/mol. The quantitative estimate of drug-likeness (QED) is 0.612. The maximum atomic E-state index is 12.1. The Hall–Kier alpha value is 0.0869. The summed E-state index contributed by atoms with van der Waals surface area (Å²) in [5, 5.41) is 10.3. The van der Waals surface area contributed by atoms with Crippen LogP contribution in [-0.4, -0.2) is 44.5 Å². The van der Waals surface area contributed by atoms with Gasteiger partial charge in [-0.3, -0.25) is 0 Å². The van der Waals surface area contributed by atoms with Gasteiger partial charge >= 0.3 is 0 Å². The molecule has 2 heterocycles. The molecule has 2 unspecified atom stereocenters. The van der Waals surface area contributed by atoms with E-state index in [9.17, 15) is 13.5 Å². The van der Waals surface area contributed by atoms with Crippen LogP contribution >= 0.6 is 0 Å². The van der Waals surface area contributed by atoms with Crippen molar-refractivity contribution in [1.82, 2.24) is 0 Å². The highest BCUT2D eigenvalue weighted by molar-refractivity contribution is 7.93. The molecule has 4 nitrogen and oxygen atoms in total. The lowest BCUT2D eigenvalue weighted by Crippen LogP contribution is -2.45. The first-order valence-corrected chi connectivity index (χ1v) is 13.0. The van der Waals surface area contributed by atoms with Crippen LogP contribution in [0, 0.1) is 0 Å². The number of hydrogen-bond acceptors (Lipinski definition) is 4. The molecule has 2 rings (SSSR count). The summed E-state index contributed by atoms with van der Waals surface area (Å²) in [5.74, 6) is 0. The van der Waals surface area contributed by atoms with Crippen LogP contribution in [-0.2, 0) is 14.3 Å². The molecule has 0 saturated carbocycles. The van der Waals surface area contributed by atoms with E-state index >= 15 is 0 Å². The number of fused-ring (bicyclic) bond motifs is 2. The summed E-state index contributed by atoms with van der Waals surface area (Å²) in [6.07, 6.45) is 3.77. The van der Waals surface area contributed by atoms with E-state index in [1.807, 2.05) is 0 Å². The van der Waals surface area contributed by atoms with Gasteiger partial charge in [-0.05, 0) is 56.7 Å². The van der Waals surface area contributed by atoms with Crippen LogP contribution in [0.5, 0.6) is 0 Å². The molecule has 0 radical (unpaired) electrons. The van der Waals surface area contributed by atoms with Gasteiger partial charge in [0.1, 0.15) is 0 Å². The van der Waals surface area contributed by atoms with Crippen molar-refractivity contribution < 1.29 is 18.0 Å². The Morgan fingerprint density at radius 3 is 2.14 bits per heavy atom. The van der Waals surface area contributed by atoms with Crippen LogP contribution in [0.1, 0.15) is 59.3 Å². The van der Waals surface area contributed by atoms with E-state index in [1.54, 1.807) is 0 Å².